The van der Waals surface area contributed by atoms with Crippen molar-refractivity contribution in [2.75, 3.05) is 11.5 Å². The van der Waals surface area contributed by atoms with Gasteiger partial charge in [0.15, 0.2) is 0 Å². The fourth-order valence-electron chi connectivity index (χ4n) is 2.04. The van der Waals surface area contributed by atoms with Crippen LogP contribution in [0.4, 0.5) is 11.8 Å². The summed E-state index contributed by atoms with van der Waals surface area (Å²) in [4.78, 5) is 8.14. The molecule has 0 unspecified atom stereocenters. The molecule has 0 spiro atoms. The van der Waals surface area contributed by atoms with E-state index in [2.05, 4.69) is 28.7 Å². The first-order valence-electron chi connectivity index (χ1n) is 6.19. The highest BCUT2D eigenvalue weighted by atomic mass is 15.0. The lowest BCUT2D eigenvalue weighted by atomic mass is 9.99. The average Bonchev–Trinajstić information content (AvgIpc) is 2.38. The van der Waals surface area contributed by atoms with E-state index in [-0.39, 0.29) is 5.95 Å². The summed E-state index contributed by atoms with van der Waals surface area (Å²) in [5.74, 6) is 0.687. The number of hydrogen-bond donors (Lipinski definition) is 2. The number of nitrogen functional groups attached to an aromatic ring is 2. The Morgan fingerprint density at radius 2 is 1.84 bits per heavy atom. The van der Waals surface area contributed by atoms with Crippen molar-refractivity contribution in [1.29, 1.82) is 0 Å². The Balaban J connectivity index is 2.10. The lowest BCUT2D eigenvalue weighted by Crippen LogP contribution is -2.07. The van der Waals surface area contributed by atoms with Gasteiger partial charge in [-0.1, -0.05) is 36.9 Å². The Bertz CT molecular complexity index is 567. The zero-order valence-corrected chi connectivity index (χ0v) is 11.1. The predicted octanol–water partition coefficient (Wildman–Crippen LogP) is 2.60. The van der Waals surface area contributed by atoms with Gasteiger partial charge in [0.1, 0.15) is 5.82 Å². The lowest BCUT2D eigenvalue weighted by molar-refractivity contribution is 0.958. The third-order valence-corrected chi connectivity index (χ3v) is 3.12. The molecule has 0 atom stereocenters. The van der Waals surface area contributed by atoms with Crippen LogP contribution in [0.2, 0.25) is 0 Å². The maximum absolute atomic E-state index is 5.89. The maximum atomic E-state index is 5.89. The van der Waals surface area contributed by atoms with Crippen LogP contribution in [0.1, 0.15) is 23.2 Å². The Hall–Kier alpha value is -2.36. The molecule has 0 amide bonds. The van der Waals surface area contributed by atoms with Crippen molar-refractivity contribution in [3.05, 3.63) is 53.7 Å². The van der Waals surface area contributed by atoms with Crippen LogP contribution in [0, 0.1) is 6.92 Å². The minimum atomic E-state index is 0.223. The first-order chi connectivity index (χ1) is 9.08. The number of aromatic nitrogens is 2. The fourth-order valence-corrected chi connectivity index (χ4v) is 2.04. The van der Waals surface area contributed by atoms with E-state index in [0.717, 1.165) is 35.2 Å². The van der Waals surface area contributed by atoms with Gasteiger partial charge in [-0.25, -0.2) is 4.98 Å². The number of allylic oxidation sites excluding steroid dienone is 1. The normalized spacial score (nSPS) is 10.4. The van der Waals surface area contributed by atoms with Crippen LogP contribution < -0.4 is 11.5 Å². The molecule has 2 aromatic rings. The highest BCUT2D eigenvalue weighted by Gasteiger charge is 2.09. The lowest BCUT2D eigenvalue weighted by Gasteiger charge is -2.10. The highest BCUT2D eigenvalue weighted by Crippen LogP contribution is 2.22. The van der Waals surface area contributed by atoms with Gasteiger partial charge in [-0.15, -0.1) is 0 Å². The molecule has 0 saturated carbocycles. The van der Waals surface area contributed by atoms with E-state index in [0.29, 0.717) is 5.82 Å². The van der Waals surface area contributed by atoms with Crippen molar-refractivity contribution in [3.8, 4) is 0 Å². The molecule has 0 fully saturated rings. The van der Waals surface area contributed by atoms with Crippen molar-refractivity contribution in [1.82, 2.24) is 9.97 Å². The van der Waals surface area contributed by atoms with Crippen LogP contribution in [0.3, 0.4) is 0 Å². The summed E-state index contributed by atoms with van der Waals surface area (Å²) in [5, 5.41) is 0. The van der Waals surface area contributed by atoms with Crippen LogP contribution in [0.5, 0.6) is 0 Å². The minimum Gasteiger partial charge on any atom is -0.383 e. The molecule has 19 heavy (non-hydrogen) atoms. The first kappa shape index (κ1) is 13.1. The van der Waals surface area contributed by atoms with Gasteiger partial charge in [0, 0.05) is 11.3 Å². The molecule has 0 aliphatic carbocycles. The molecule has 2 rings (SSSR count). The van der Waals surface area contributed by atoms with Crippen LogP contribution in [0.15, 0.2) is 36.9 Å². The van der Waals surface area contributed by atoms with E-state index in [1.165, 1.54) is 0 Å². The van der Waals surface area contributed by atoms with Gasteiger partial charge < -0.3 is 11.5 Å². The summed E-state index contributed by atoms with van der Waals surface area (Å²) in [6, 6.07) is 10.1. The summed E-state index contributed by atoms with van der Waals surface area (Å²) in [5.41, 5.74) is 15.5. The number of hydrogen-bond acceptors (Lipinski definition) is 4. The zero-order chi connectivity index (χ0) is 13.8. The average molecular weight is 254 g/mol. The molecule has 0 aliphatic heterocycles. The van der Waals surface area contributed by atoms with E-state index >= 15 is 0 Å². The van der Waals surface area contributed by atoms with Gasteiger partial charge in [-0.05, 0) is 30.9 Å². The van der Waals surface area contributed by atoms with Gasteiger partial charge in [0.25, 0.3) is 0 Å². The fraction of sp³-hybridized carbons (Fsp3) is 0.200. The second-order valence-corrected chi connectivity index (χ2v) is 4.50. The first-order valence-corrected chi connectivity index (χ1v) is 6.19. The standard InChI is InChI=1S/C15H18N4/c1-10(12-6-4-3-5-7-12)8-9-13-11(2)18-15(17)19-14(13)16/h3-7H,1,8-9H2,2H3,(H4,16,17,18,19). The minimum absolute atomic E-state index is 0.223. The Kier molecular flexibility index (Phi) is 3.80. The number of nitrogens with two attached hydrogens (primary N) is 2. The van der Waals surface area contributed by atoms with Crippen molar-refractivity contribution < 1.29 is 0 Å². The summed E-state index contributed by atoms with van der Waals surface area (Å²) in [7, 11) is 0. The third kappa shape index (κ3) is 3.10. The highest BCUT2D eigenvalue weighted by molar-refractivity contribution is 5.63. The molecule has 0 bridgehead atoms. The van der Waals surface area contributed by atoms with Crippen LogP contribution >= 0.6 is 0 Å². The Morgan fingerprint density at radius 3 is 2.47 bits per heavy atom. The van der Waals surface area contributed by atoms with Crippen molar-refractivity contribution in [3.63, 3.8) is 0 Å². The van der Waals surface area contributed by atoms with Gasteiger partial charge in [-0.2, -0.15) is 4.98 Å². The summed E-state index contributed by atoms with van der Waals surface area (Å²) in [6.45, 7) is 6.01. The zero-order valence-electron chi connectivity index (χ0n) is 11.1. The number of benzene rings is 1. The van der Waals surface area contributed by atoms with Crippen LogP contribution in [0.25, 0.3) is 5.57 Å². The van der Waals surface area contributed by atoms with Crippen molar-refractivity contribution in [2.45, 2.75) is 19.8 Å². The molecular weight excluding hydrogens is 236 g/mol. The molecule has 98 valence electrons. The third-order valence-electron chi connectivity index (χ3n) is 3.12. The number of nitrogens with zero attached hydrogens (tertiary/aromatic N) is 2. The van der Waals surface area contributed by atoms with E-state index in [4.69, 9.17) is 11.5 Å². The number of aryl methyl sites for hydroxylation is 1. The van der Waals surface area contributed by atoms with E-state index in [1.54, 1.807) is 0 Å². The van der Waals surface area contributed by atoms with Gasteiger partial charge >= 0.3 is 0 Å². The topological polar surface area (TPSA) is 77.8 Å². The molecule has 1 aromatic heterocycles. The van der Waals surface area contributed by atoms with E-state index < -0.39 is 0 Å². The number of rotatable bonds is 4. The summed E-state index contributed by atoms with van der Waals surface area (Å²) in [6.07, 6.45) is 1.59. The smallest absolute Gasteiger partial charge is 0.222 e. The molecule has 0 saturated heterocycles. The van der Waals surface area contributed by atoms with Crippen molar-refractivity contribution in [2.24, 2.45) is 0 Å². The van der Waals surface area contributed by atoms with Gasteiger partial charge in [0.2, 0.25) is 5.95 Å². The van der Waals surface area contributed by atoms with Crippen molar-refractivity contribution >= 4 is 17.3 Å². The van der Waals surface area contributed by atoms with Crippen LogP contribution in [-0.4, -0.2) is 9.97 Å². The quantitative estimate of drug-likeness (QED) is 0.879. The number of anilines is 2. The summed E-state index contributed by atoms with van der Waals surface area (Å²) < 4.78 is 0. The van der Waals surface area contributed by atoms with Gasteiger partial charge in [-0.3, -0.25) is 0 Å². The van der Waals surface area contributed by atoms with Crippen LogP contribution in [-0.2, 0) is 6.42 Å². The predicted molar refractivity (Wildman–Crippen MR) is 79.4 cm³/mol. The molecule has 4 N–H and O–H groups in total. The SMILES string of the molecule is C=C(CCc1c(C)nc(N)nc1N)c1ccccc1. The maximum Gasteiger partial charge on any atom is 0.222 e. The Labute approximate surface area is 113 Å². The largest absolute Gasteiger partial charge is 0.383 e. The second-order valence-electron chi connectivity index (χ2n) is 4.50. The van der Waals surface area contributed by atoms with E-state index in [9.17, 15) is 0 Å². The molecular formula is C15H18N4. The molecule has 4 nitrogen and oxygen atoms in total. The molecule has 0 aliphatic rings. The Morgan fingerprint density at radius 1 is 1.16 bits per heavy atom. The van der Waals surface area contributed by atoms with E-state index in [1.807, 2.05) is 25.1 Å². The van der Waals surface area contributed by atoms with Gasteiger partial charge in [0.05, 0.1) is 0 Å². The monoisotopic (exact) mass is 254 g/mol. The molecule has 1 aromatic carbocycles. The summed E-state index contributed by atoms with van der Waals surface area (Å²) >= 11 is 0. The molecule has 0 radical (unpaired) electrons. The second kappa shape index (κ2) is 5.52. The molecule has 4 heteroatoms. The molecule has 1 heterocycles.